The van der Waals surface area contributed by atoms with Gasteiger partial charge < -0.3 is 0 Å². The summed E-state index contributed by atoms with van der Waals surface area (Å²) in [5.41, 5.74) is 4.35. The van der Waals surface area contributed by atoms with Crippen LogP contribution in [0.25, 0.3) is 11.1 Å². The minimum absolute atomic E-state index is 0.107. The number of hydrogen-bond donors (Lipinski definition) is 0. The summed E-state index contributed by atoms with van der Waals surface area (Å²) < 4.78 is 0. The van der Waals surface area contributed by atoms with E-state index in [4.69, 9.17) is 0 Å². The van der Waals surface area contributed by atoms with Crippen molar-refractivity contribution in [3.63, 3.8) is 0 Å². The van der Waals surface area contributed by atoms with Crippen molar-refractivity contribution < 1.29 is 4.79 Å². The molecule has 0 aliphatic carbocycles. The molecule has 1 nitrogen and oxygen atoms in total. The molecule has 0 saturated carbocycles. The van der Waals surface area contributed by atoms with Gasteiger partial charge in [0.15, 0.2) is 5.78 Å². The molecule has 0 saturated heterocycles. The highest BCUT2D eigenvalue weighted by molar-refractivity contribution is 5.95. The van der Waals surface area contributed by atoms with Gasteiger partial charge in [-0.05, 0) is 35.6 Å². The minimum Gasteiger partial charge on any atom is -0.295 e. The van der Waals surface area contributed by atoms with Crippen molar-refractivity contribution in [2.45, 2.75) is 26.7 Å². The van der Waals surface area contributed by atoms with E-state index >= 15 is 0 Å². The predicted molar refractivity (Wildman–Crippen MR) is 76.0 cm³/mol. The number of carbonyl (C=O) groups is 1. The molecule has 2 aromatic carbocycles. The Hall–Kier alpha value is -1.89. The summed E-state index contributed by atoms with van der Waals surface area (Å²) in [5.74, 6) is 0.651. The summed E-state index contributed by atoms with van der Waals surface area (Å²) in [6.07, 6.45) is 0. The van der Waals surface area contributed by atoms with Crippen LogP contribution in [-0.4, -0.2) is 5.78 Å². The number of ketones is 1. The van der Waals surface area contributed by atoms with Crippen molar-refractivity contribution in [2.75, 3.05) is 0 Å². The summed E-state index contributed by atoms with van der Waals surface area (Å²) in [4.78, 5) is 11.4. The maximum atomic E-state index is 11.4. The topological polar surface area (TPSA) is 17.1 Å². The lowest BCUT2D eigenvalue weighted by molar-refractivity contribution is 0.101. The van der Waals surface area contributed by atoms with Crippen molar-refractivity contribution in [2.24, 2.45) is 0 Å². The smallest absolute Gasteiger partial charge is 0.159 e. The fraction of sp³-hybridized carbons (Fsp3) is 0.235. The maximum Gasteiger partial charge on any atom is 0.159 e. The van der Waals surface area contributed by atoms with Crippen LogP contribution < -0.4 is 0 Å². The minimum atomic E-state index is 0.107. The normalized spacial score (nSPS) is 10.7. The Morgan fingerprint density at radius 3 is 2.17 bits per heavy atom. The maximum absolute atomic E-state index is 11.4. The third kappa shape index (κ3) is 2.67. The Morgan fingerprint density at radius 2 is 1.61 bits per heavy atom. The highest BCUT2D eigenvalue weighted by Gasteiger charge is 2.03. The van der Waals surface area contributed by atoms with Crippen LogP contribution in [0.3, 0.4) is 0 Å². The first kappa shape index (κ1) is 12.6. The molecule has 0 bridgehead atoms. The first-order chi connectivity index (χ1) is 8.58. The quantitative estimate of drug-likeness (QED) is 0.709. The summed E-state index contributed by atoms with van der Waals surface area (Å²) >= 11 is 0. The lowest BCUT2D eigenvalue weighted by atomic mass is 9.97. The molecule has 0 atom stereocenters. The van der Waals surface area contributed by atoms with E-state index in [9.17, 15) is 4.79 Å². The molecule has 0 fully saturated rings. The van der Waals surface area contributed by atoms with E-state index in [1.807, 2.05) is 24.3 Å². The largest absolute Gasteiger partial charge is 0.295 e. The molecular formula is C17H18O. The van der Waals surface area contributed by atoms with Crippen LogP contribution in [0.15, 0.2) is 48.5 Å². The summed E-state index contributed by atoms with van der Waals surface area (Å²) in [6, 6.07) is 16.3. The number of benzene rings is 2. The van der Waals surface area contributed by atoms with Gasteiger partial charge in [-0.15, -0.1) is 0 Å². The molecular weight excluding hydrogens is 220 g/mol. The molecule has 2 rings (SSSR count). The van der Waals surface area contributed by atoms with Gasteiger partial charge in [0, 0.05) is 5.56 Å². The van der Waals surface area contributed by atoms with E-state index in [1.54, 1.807) is 6.92 Å². The van der Waals surface area contributed by atoms with Crippen molar-refractivity contribution >= 4 is 5.78 Å². The predicted octanol–water partition coefficient (Wildman–Crippen LogP) is 4.68. The molecule has 0 N–H and O–H groups in total. The molecule has 1 heteroatoms. The average molecular weight is 238 g/mol. The highest BCUT2D eigenvalue weighted by Crippen LogP contribution is 2.23. The third-order valence-corrected chi connectivity index (χ3v) is 3.18. The van der Waals surface area contributed by atoms with Gasteiger partial charge >= 0.3 is 0 Å². The van der Waals surface area contributed by atoms with Gasteiger partial charge in [0.2, 0.25) is 0 Å². The van der Waals surface area contributed by atoms with Crippen LogP contribution in [0.2, 0.25) is 0 Å². The summed E-state index contributed by atoms with van der Waals surface area (Å²) in [7, 11) is 0. The molecule has 92 valence electrons. The molecule has 0 unspecified atom stereocenters. The highest BCUT2D eigenvalue weighted by atomic mass is 16.1. The fourth-order valence-corrected chi connectivity index (χ4v) is 1.98. The first-order valence-corrected chi connectivity index (χ1v) is 6.29. The Labute approximate surface area is 108 Å². The molecule has 0 spiro atoms. The van der Waals surface area contributed by atoms with Gasteiger partial charge in [-0.1, -0.05) is 56.3 Å². The summed E-state index contributed by atoms with van der Waals surface area (Å²) in [5, 5.41) is 0. The molecule has 0 aliphatic heterocycles. The van der Waals surface area contributed by atoms with Crippen LogP contribution in [0.1, 0.15) is 42.6 Å². The molecule has 2 aromatic rings. The molecule has 18 heavy (non-hydrogen) atoms. The number of carbonyl (C=O) groups excluding carboxylic acids is 1. The first-order valence-electron chi connectivity index (χ1n) is 6.29. The zero-order valence-electron chi connectivity index (χ0n) is 11.1. The lowest BCUT2D eigenvalue weighted by Crippen LogP contribution is -1.92. The SMILES string of the molecule is CC(=O)c1cccc(-c2ccc(C(C)C)cc2)c1. The van der Waals surface area contributed by atoms with Gasteiger partial charge in [-0.25, -0.2) is 0 Å². The van der Waals surface area contributed by atoms with Gasteiger partial charge in [0.1, 0.15) is 0 Å². The van der Waals surface area contributed by atoms with E-state index in [0.29, 0.717) is 5.92 Å². The van der Waals surface area contributed by atoms with Crippen molar-refractivity contribution in [3.8, 4) is 11.1 Å². The third-order valence-electron chi connectivity index (χ3n) is 3.18. The molecule has 0 aliphatic rings. The van der Waals surface area contributed by atoms with Crippen LogP contribution in [0.5, 0.6) is 0 Å². The zero-order chi connectivity index (χ0) is 13.1. The van der Waals surface area contributed by atoms with Gasteiger partial charge in [-0.2, -0.15) is 0 Å². The van der Waals surface area contributed by atoms with Crippen molar-refractivity contribution in [1.82, 2.24) is 0 Å². The van der Waals surface area contributed by atoms with E-state index in [1.165, 1.54) is 5.56 Å². The van der Waals surface area contributed by atoms with Crippen LogP contribution >= 0.6 is 0 Å². The molecule has 0 radical (unpaired) electrons. The Morgan fingerprint density at radius 1 is 0.944 bits per heavy atom. The molecule has 0 heterocycles. The second-order valence-corrected chi connectivity index (χ2v) is 4.91. The van der Waals surface area contributed by atoms with E-state index < -0.39 is 0 Å². The van der Waals surface area contributed by atoms with Crippen LogP contribution in [0, 0.1) is 0 Å². The van der Waals surface area contributed by atoms with Crippen LogP contribution in [-0.2, 0) is 0 Å². The standard InChI is InChI=1S/C17H18O/c1-12(2)14-7-9-15(10-8-14)17-6-4-5-16(11-17)13(3)18/h4-12H,1-3H3. The Balaban J connectivity index is 2.36. The summed E-state index contributed by atoms with van der Waals surface area (Å²) in [6.45, 7) is 5.97. The van der Waals surface area contributed by atoms with E-state index in [2.05, 4.69) is 38.1 Å². The number of hydrogen-bond acceptors (Lipinski definition) is 1. The number of rotatable bonds is 3. The van der Waals surface area contributed by atoms with Gasteiger partial charge in [0.05, 0.1) is 0 Å². The van der Waals surface area contributed by atoms with Crippen LogP contribution in [0.4, 0.5) is 0 Å². The molecule has 0 aromatic heterocycles. The monoisotopic (exact) mass is 238 g/mol. The van der Waals surface area contributed by atoms with Gasteiger partial charge in [-0.3, -0.25) is 4.79 Å². The fourth-order valence-electron chi connectivity index (χ4n) is 1.98. The second-order valence-electron chi connectivity index (χ2n) is 4.91. The van der Waals surface area contributed by atoms with E-state index in [-0.39, 0.29) is 5.78 Å². The Kier molecular flexibility index (Phi) is 3.61. The van der Waals surface area contributed by atoms with E-state index in [0.717, 1.165) is 16.7 Å². The molecule has 0 amide bonds. The lowest BCUT2D eigenvalue weighted by Gasteiger charge is -2.07. The number of Topliss-reactive ketones (excluding diaryl/α,β-unsaturated/α-hetero) is 1. The van der Waals surface area contributed by atoms with Crippen molar-refractivity contribution in [1.29, 1.82) is 0 Å². The second kappa shape index (κ2) is 5.18. The zero-order valence-corrected chi connectivity index (χ0v) is 11.1. The Bertz CT molecular complexity index is 550. The average Bonchev–Trinajstić information content (AvgIpc) is 2.39. The van der Waals surface area contributed by atoms with Gasteiger partial charge in [0.25, 0.3) is 0 Å². The van der Waals surface area contributed by atoms with Crippen molar-refractivity contribution in [3.05, 3.63) is 59.7 Å².